The highest BCUT2D eigenvalue weighted by atomic mass is 32.1. The van der Waals surface area contributed by atoms with Crippen molar-refractivity contribution in [3.63, 3.8) is 0 Å². The molecule has 2 heterocycles. The summed E-state index contributed by atoms with van der Waals surface area (Å²) >= 11 is 1.74. The van der Waals surface area contributed by atoms with Crippen molar-refractivity contribution in [2.45, 2.75) is 69.6 Å². The fourth-order valence-electron chi connectivity index (χ4n) is 3.59. The van der Waals surface area contributed by atoms with Crippen molar-refractivity contribution in [1.82, 2.24) is 10.3 Å². The summed E-state index contributed by atoms with van der Waals surface area (Å²) in [4.78, 5) is 4.41. The van der Waals surface area contributed by atoms with E-state index in [1.807, 2.05) is 6.20 Å². The number of hydrogen-bond donors (Lipinski definition) is 1. The first-order chi connectivity index (χ1) is 9.27. The Bertz CT molecular complexity index is 381. The molecule has 1 aromatic rings. The van der Waals surface area contributed by atoms with E-state index in [0.717, 1.165) is 13.0 Å². The van der Waals surface area contributed by atoms with Crippen LogP contribution in [0.1, 0.15) is 62.9 Å². The van der Waals surface area contributed by atoms with Crippen LogP contribution in [-0.2, 0) is 4.74 Å². The highest BCUT2D eigenvalue weighted by Gasteiger charge is 2.38. The van der Waals surface area contributed by atoms with Crippen LogP contribution in [-0.4, -0.2) is 23.2 Å². The molecule has 2 aliphatic rings. The molecule has 0 amide bonds. The molecule has 3 nitrogen and oxygen atoms in total. The molecule has 0 radical (unpaired) electrons. The molecule has 1 aliphatic heterocycles. The number of nitrogens with one attached hydrogen (secondary N) is 1. The maximum Gasteiger partial charge on any atom is 0.109 e. The SMILES string of the molecule is CC(NC1CCOC2(CCCCC2)C1)c1nccs1. The summed E-state index contributed by atoms with van der Waals surface area (Å²) in [6.07, 6.45) is 10.8. The van der Waals surface area contributed by atoms with Crippen LogP contribution in [0.3, 0.4) is 0 Å². The zero-order valence-corrected chi connectivity index (χ0v) is 12.5. The van der Waals surface area contributed by atoms with Gasteiger partial charge in [-0.15, -0.1) is 11.3 Å². The Morgan fingerprint density at radius 1 is 1.42 bits per heavy atom. The minimum absolute atomic E-state index is 0.191. The molecule has 1 aliphatic carbocycles. The second-order valence-corrected chi connectivity index (χ2v) is 6.97. The fraction of sp³-hybridized carbons (Fsp3) is 0.800. The van der Waals surface area contributed by atoms with Gasteiger partial charge < -0.3 is 10.1 Å². The minimum atomic E-state index is 0.191. The zero-order chi connectivity index (χ0) is 13.1. The number of ether oxygens (including phenoxy) is 1. The topological polar surface area (TPSA) is 34.1 Å². The first-order valence-corrected chi connectivity index (χ1v) is 8.45. The Kier molecular flexibility index (Phi) is 4.20. The predicted octanol–water partition coefficient (Wildman–Crippen LogP) is 3.68. The lowest BCUT2D eigenvalue weighted by Crippen LogP contribution is -2.48. The Morgan fingerprint density at radius 3 is 3.00 bits per heavy atom. The van der Waals surface area contributed by atoms with Crippen molar-refractivity contribution in [1.29, 1.82) is 0 Å². The molecule has 1 saturated carbocycles. The Labute approximate surface area is 119 Å². The number of nitrogens with zero attached hydrogens (tertiary/aromatic N) is 1. The van der Waals surface area contributed by atoms with Crippen LogP contribution < -0.4 is 5.32 Å². The Balaban J connectivity index is 1.59. The van der Waals surface area contributed by atoms with Crippen molar-refractivity contribution < 1.29 is 4.74 Å². The molecule has 1 spiro atoms. The Hall–Kier alpha value is -0.450. The Morgan fingerprint density at radius 2 is 2.26 bits per heavy atom. The molecular weight excluding hydrogens is 256 g/mol. The summed E-state index contributed by atoms with van der Waals surface area (Å²) in [5.74, 6) is 0. The van der Waals surface area contributed by atoms with E-state index >= 15 is 0 Å². The van der Waals surface area contributed by atoms with Crippen LogP contribution in [0.25, 0.3) is 0 Å². The summed E-state index contributed by atoms with van der Waals surface area (Å²) in [7, 11) is 0. The molecule has 1 aromatic heterocycles. The van der Waals surface area contributed by atoms with Gasteiger partial charge in [0.25, 0.3) is 0 Å². The third-order valence-corrected chi connectivity index (χ3v) is 5.52. The molecule has 0 bridgehead atoms. The number of hydrogen-bond acceptors (Lipinski definition) is 4. The van der Waals surface area contributed by atoms with Gasteiger partial charge in [0.2, 0.25) is 0 Å². The number of rotatable bonds is 3. The van der Waals surface area contributed by atoms with Gasteiger partial charge in [-0.2, -0.15) is 0 Å². The lowest BCUT2D eigenvalue weighted by atomic mass is 9.78. The van der Waals surface area contributed by atoms with Crippen molar-refractivity contribution in [2.75, 3.05) is 6.61 Å². The average molecular weight is 280 g/mol. The van der Waals surface area contributed by atoms with Crippen molar-refractivity contribution in [3.8, 4) is 0 Å². The van der Waals surface area contributed by atoms with Gasteiger partial charge in [0.15, 0.2) is 0 Å². The lowest BCUT2D eigenvalue weighted by Gasteiger charge is -2.44. The summed E-state index contributed by atoms with van der Waals surface area (Å²) in [6, 6.07) is 0.953. The van der Waals surface area contributed by atoms with Gasteiger partial charge in [-0.25, -0.2) is 4.98 Å². The molecule has 3 rings (SSSR count). The lowest BCUT2D eigenvalue weighted by molar-refractivity contribution is -0.110. The van der Waals surface area contributed by atoms with Gasteiger partial charge in [-0.1, -0.05) is 19.3 Å². The van der Waals surface area contributed by atoms with E-state index in [-0.39, 0.29) is 5.60 Å². The smallest absolute Gasteiger partial charge is 0.109 e. The second kappa shape index (κ2) is 5.90. The maximum absolute atomic E-state index is 6.16. The molecule has 2 atom stereocenters. The summed E-state index contributed by atoms with van der Waals surface area (Å²) in [5, 5.41) is 7.01. The van der Waals surface area contributed by atoms with E-state index in [1.165, 1.54) is 43.5 Å². The van der Waals surface area contributed by atoms with Gasteiger partial charge in [-0.05, 0) is 32.6 Å². The monoisotopic (exact) mass is 280 g/mol. The highest BCUT2D eigenvalue weighted by Crippen LogP contribution is 2.39. The quantitative estimate of drug-likeness (QED) is 0.917. The fourth-order valence-corrected chi connectivity index (χ4v) is 4.24. The predicted molar refractivity (Wildman–Crippen MR) is 78.5 cm³/mol. The van der Waals surface area contributed by atoms with Gasteiger partial charge in [-0.3, -0.25) is 0 Å². The first-order valence-electron chi connectivity index (χ1n) is 7.57. The highest BCUT2D eigenvalue weighted by molar-refractivity contribution is 7.09. The van der Waals surface area contributed by atoms with E-state index < -0.39 is 0 Å². The molecule has 1 saturated heterocycles. The van der Waals surface area contributed by atoms with Crippen LogP contribution in [0.2, 0.25) is 0 Å². The van der Waals surface area contributed by atoms with Crippen LogP contribution in [0.4, 0.5) is 0 Å². The van der Waals surface area contributed by atoms with Gasteiger partial charge in [0.1, 0.15) is 5.01 Å². The van der Waals surface area contributed by atoms with E-state index in [2.05, 4.69) is 22.6 Å². The van der Waals surface area contributed by atoms with Crippen molar-refractivity contribution in [2.24, 2.45) is 0 Å². The largest absolute Gasteiger partial charge is 0.375 e. The maximum atomic E-state index is 6.16. The first kappa shape index (κ1) is 13.5. The third-order valence-electron chi connectivity index (χ3n) is 4.57. The average Bonchev–Trinajstić information content (AvgIpc) is 2.93. The summed E-state index contributed by atoms with van der Waals surface area (Å²) in [5.41, 5.74) is 0.191. The van der Waals surface area contributed by atoms with Gasteiger partial charge in [0.05, 0.1) is 11.6 Å². The van der Waals surface area contributed by atoms with E-state index in [1.54, 1.807) is 11.3 Å². The van der Waals surface area contributed by atoms with Crippen LogP contribution >= 0.6 is 11.3 Å². The number of aromatic nitrogens is 1. The molecule has 0 aromatic carbocycles. The van der Waals surface area contributed by atoms with Crippen molar-refractivity contribution in [3.05, 3.63) is 16.6 Å². The zero-order valence-electron chi connectivity index (χ0n) is 11.7. The number of thiazole rings is 1. The minimum Gasteiger partial charge on any atom is -0.375 e. The van der Waals surface area contributed by atoms with Gasteiger partial charge in [0, 0.05) is 24.2 Å². The van der Waals surface area contributed by atoms with E-state index in [9.17, 15) is 0 Å². The van der Waals surface area contributed by atoms with E-state index in [0.29, 0.717) is 12.1 Å². The molecule has 2 unspecified atom stereocenters. The van der Waals surface area contributed by atoms with Crippen molar-refractivity contribution >= 4 is 11.3 Å². The third kappa shape index (κ3) is 3.18. The molecule has 2 fully saturated rings. The molecule has 19 heavy (non-hydrogen) atoms. The molecule has 4 heteroatoms. The second-order valence-electron chi connectivity index (χ2n) is 6.04. The van der Waals surface area contributed by atoms with Crippen LogP contribution in [0.5, 0.6) is 0 Å². The molecule has 106 valence electrons. The summed E-state index contributed by atoms with van der Waals surface area (Å²) in [6.45, 7) is 3.14. The van der Waals surface area contributed by atoms with Crippen LogP contribution in [0, 0.1) is 0 Å². The van der Waals surface area contributed by atoms with E-state index in [4.69, 9.17) is 4.74 Å². The molecular formula is C15H24N2OS. The van der Waals surface area contributed by atoms with Crippen LogP contribution in [0.15, 0.2) is 11.6 Å². The van der Waals surface area contributed by atoms with Gasteiger partial charge >= 0.3 is 0 Å². The molecule has 1 N–H and O–H groups in total. The standard InChI is InChI=1S/C15H24N2OS/c1-12(14-16-8-10-19-14)17-13-5-9-18-15(11-13)6-3-2-4-7-15/h8,10,12-13,17H,2-7,9,11H2,1H3. The summed E-state index contributed by atoms with van der Waals surface area (Å²) < 4.78 is 6.16. The normalized spacial score (nSPS) is 28.4.